The van der Waals surface area contributed by atoms with Crippen LogP contribution in [0.1, 0.15) is 38.8 Å². The van der Waals surface area contributed by atoms with Crippen molar-refractivity contribution < 1.29 is 21.4 Å². The number of benzene rings is 2. The third-order valence-electron chi connectivity index (χ3n) is 7.30. The molecule has 2 heterocycles. The largest absolute Gasteiger partial charge is 0.347 e. The third-order valence-corrected chi connectivity index (χ3v) is 10.0. The molecule has 2 aromatic rings. The number of hydrogen-bond donors (Lipinski definition) is 0. The first-order valence-electron chi connectivity index (χ1n) is 11.6. The molecule has 0 saturated carbocycles. The zero-order valence-corrected chi connectivity index (χ0v) is 24.6. The highest BCUT2D eigenvalue weighted by Crippen LogP contribution is 2.47. The van der Waals surface area contributed by atoms with E-state index >= 15 is 0 Å². The lowest BCUT2D eigenvalue weighted by Crippen LogP contribution is -2.26. The van der Waals surface area contributed by atoms with E-state index in [0.29, 0.717) is 0 Å². The Morgan fingerprint density at radius 1 is 0.811 bits per heavy atom. The Kier molecular flexibility index (Phi) is 6.81. The summed E-state index contributed by atoms with van der Waals surface area (Å²) in [5.74, 6) is 0. The highest BCUT2D eigenvalue weighted by Gasteiger charge is 2.43. The monoisotopic (exact) mass is 579 g/mol. The summed E-state index contributed by atoms with van der Waals surface area (Å²) in [7, 11) is 7.42. The van der Waals surface area contributed by atoms with Gasteiger partial charge in [0.2, 0.25) is 5.69 Å². The molecule has 0 bridgehead atoms. The number of halogens is 2. The van der Waals surface area contributed by atoms with Crippen LogP contribution in [-0.2, 0) is 28.9 Å². The summed E-state index contributed by atoms with van der Waals surface area (Å²) in [6.07, 6.45) is 9.86. The molecule has 6 nitrogen and oxygen atoms in total. The van der Waals surface area contributed by atoms with E-state index < -0.39 is 28.9 Å². The number of nitrogens with zero attached hydrogens (tertiary/aromatic N) is 2. The quantitative estimate of drug-likeness (QED) is 0.248. The molecular weight excluding hydrogens is 551 g/mol. The lowest BCUT2D eigenvalue weighted by atomic mass is 9.81. The molecule has 0 unspecified atom stereocenters. The minimum atomic E-state index is -3.82. The number of likely N-dealkylation sites (N-methyl/N-ethyl adjacent to an activating group) is 1. The van der Waals surface area contributed by atoms with Gasteiger partial charge in [-0.1, -0.05) is 32.1 Å². The van der Waals surface area contributed by atoms with Gasteiger partial charge in [0.05, 0.1) is 15.2 Å². The third kappa shape index (κ3) is 4.80. The Hall–Kier alpha value is -2.39. The summed E-state index contributed by atoms with van der Waals surface area (Å²) in [4.78, 5) is 2.23. The predicted molar refractivity (Wildman–Crippen MR) is 151 cm³/mol. The number of hydrogen-bond acceptors (Lipinski definition) is 5. The average molecular weight is 581 g/mol. The highest BCUT2D eigenvalue weighted by atomic mass is 35.7. The number of anilines is 1. The van der Waals surface area contributed by atoms with Gasteiger partial charge in [0.1, 0.15) is 7.05 Å². The van der Waals surface area contributed by atoms with Gasteiger partial charge in [-0.25, -0.2) is 16.8 Å². The van der Waals surface area contributed by atoms with Gasteiger partial charge >= 0.3 is 0 Å². The van der Waals surface area contributed by atoms with Gasteiger partial charge in [0.25, 0.3) is 18.1 Å². The smallest absolute Gasteiger partial charge is 0.261 e. The lowest BCUT2D eigenvalue weighted by molar-refractivity contribution is -0.401. The molecule has 0 fully saturated rings. The second kappa shape index (κ2) is 9.12. The van der Waals surface area contributed by atoms with Crippen molar-refractivity contribution >= 4 is 56.6 Å². The van der Waals surface area contributed by atoms with E-state index in [1.807, 2.05) is 72.2 Å². The molecule has 2 aliphatic rings. The summed E-state index contributed by atoms with van der Waals surface area (Å²) in [5, 5.41) is 0. The van der Waals surface area contributed by atoms with Gasteiger partial charge in [0, 0.05) is 62.9 Å². The second-order valence-electron chi connectivity index (χ2n) is 10.3. The van der Waals surface area contributed by atoms with Crippen molar-refractivity contribution in [3.05, 3.63) is 83.6 Å². The fourth-order valence-electron chi connectivity index (χ4n) is 5.29. The molecule has 196 valence electrons. The summed E-state index contributed by atoms with van der Waals surface area (Å²) in [6, 6.07) is 9.90. The maximum atomic E-state index is 11.8. The predicted octanol–water partition coefficient (Wildman–Crippen LogP) is 5.97. The van der Waals surface area contributed by atoms with Gasteiger partial charge < -0.3 is 4.90 Å². The molecule has 0 amide bonds. The molecule has 2 aliphatic heterocycles. The Morgan fingerprint density at radius 3 is 1.97 bits per heavy atom. The van der Waals surface area contributed by atoms with Crippen molar-refractivity contribution in [1.29, 1.82) is 0 Å². The van der Waals surface area contributed by atoms with E-state index in [-0.39, 0.29) is 9.79 Å². The fourth-order valence-corrected chi connectivity index (χ4v) is 6.85. The number of rotatable bonds is 5. The first-order chi connectivity index (χ1) is 17.0. The van der Waals surface area contributed by atoms with E-state index in [0.717, 1.165) is 33.9 Å². The SMILES string of the molecule is CN1\C(=C/C=C/C=C/C2=[N+](C)c3ccc(S(=O)(=O)Cl)cc3C2(C)C)C(C)(C)c2cc(S(=O)(=O)Cl)ccc21. The van der Waals surface area contributed by atoms with Crippen LogP contribution in [0.5, 0.6) is 0 Å². The Bertz CT molecular complexity index is 1650. The van der Waals surface area contributed by atoms with Gasteiger partial charge in [-0.3, -0.25) is 0 Å². The van der Waals surface area contributed by atoms with Crippen LogP contribution >= 0.6 is 21.4 Å². The first kappa shape index (κ1) is 27.6. The molecule has 0 spiro atoms. The van der Waals surface area contributed by atoms with Crippen LogP contribution < -0.4 is 4.90 Å². The summed E-state index contributed by atoms with van der Waals surface area (Å²) < 4.78 is 49.4. The molecule has 37 heavy (non-hydrogen) atoms. The number of allylic oxidation sites excluding steroid dienone is 6. The normalized spacial score (nSPS) is 19.9. The number of fused-ring (bicyclic) bond motifs is 2. The van der Waals surface area contributed by atoms with Crippen molar-refractivity contribution in [2.75, 3.05) is 19.0 Å². The minimum Gasteiger partial charge on any atom is -0.347 e. The standard InChI is InChI=1S/C27H29Cl2N2O4S2/c1-26(2)20-16-18(36(28,32)33)12-14-22(20)30(5)24(26)10-8-7-9-11-25-27(3,4)21-17-19(37(29,34)35)13-15-23(21)31(25)6/h7-17H,1-6H3/q+1. The van der Waals surface area contributed by atoms with Crippen LogP contribution in [0.3, 0.4) is 0 Å². The van der Waals surface area contributed by atoms with Gasteiger partial charge in [0.15, 0.2) is 5.71 Å². The molecule has 0 atom stereocenters. The van der Waals surface area contributed by atoms with Crippen molar-refractivity contribution in [3.8, 4) is 0 Å². The minimum absolute atomic E-state index is 0.0891. The lowest BCUT2D eigenvalue weighted by Gasteiger charge is -2.23. The maximum Gasteiger partial charge on any atom is 0.261 e. The van der Waals surface area contributed by atoms with Crippen LogP contribution in [0.4, 0.5) is 11.4 Å². The van der Waals surface area contributed by atoms with Crippen molar-refractivity contribution in [3.63, 3.8) is 0 Å². The first-order valence-corrected chi connectivity index (χ1v) is 16.2. The van der Waals surface area contributed by atoms with Crippen molar-refractivity contribution in [1.82, 2.24) is 0 Å². The molecule has 4 rings (SSSR count). The van der Waals surface area contributed by atoms with E-state index in [1.54, 1.807) is 24.3 Å². The van der Waals surface area contributed by atoms with E-state index in [1.165, 1.54) is 12.1 Å². The fraction of sp³-hybridized carbons (Fsp3) is 0.296. The van der Waals surface area contributed by atoms with Crippen LogP contribution in [-0.4, -0.2) is 41.2 Å². The topological polar surface area (TPSA) is 74.5 Å². The van der Waals surface area contributed by atoms with Crippen LogP contribution in [0.2, 0.25) is 0 Å². The van der Waals surface area contributed by atoms with Gasteiger partial charge in [-0.2, -0.15) is 4.58 Å². The van der Waals surface area contributed by atoms with E-state index in [2.05, 4.69) is 9.48 Å². The van der Waals surface area contributed by atoms with Crippen molar-refractivity contribution in [2.24, 2.45) is 0 Å². The Labute approximate surface area is 228 Å². The summed E-state index contributed by atoms with van der Waals surface area (Å²) in [5.41, 5.74) is 4.87. The zero-order valence-electron chi connectivity index (χ0n) is 21.5. The molecule has 0 saturated heterocycles. The van der Waals surface area contributed by atoms with Crippen LogP contribution in [0.25, 0.3) is 0 Å². The Morgan fingerprint density at radius 2 is 1.38 bits per heavy atom. The van der Waals surface area contributed by atoms with Crippen LogP contribution in [0.15, 0.2) is 82.3 Å². The highest BCUT2D eigenvalue weighted by molar-refractivity contribution is 8.14. The molecule has 0 radical (unpaired) electrons. The summed E-state index contributed by atoms with van der Waals surface area (Å²) in [6.45, 7) is 8.20. The Balaban J connectivity index is 1.60. The van der Waals surface area contributed by atoms with Gasteiger partial charge in [-0.05, 0) is 55.8 Å². The molecule has 2 aromatic carbocycles. The molecule has 10 heteroatoms. The van der Waals surface area contributed by atoms with E-state index in [9.17, 15) is 16.8 Å². The molecule has 0 aliphatic carbocycles. The molecule has 0 aromatic heterocycles. The summed E-state index contributed by atoms with van der Waals surface area (Å²) >= 11 is 0. The van der Waals surface area contributed by atoms with Crippen LogP contribution in [0, 0.1) is 0 Å². The van der Waals surface area contributed by atoms with Crippen molar-refractivity contribution in [2.45, 2.75) is 48.3 Å². The second-order valence-corrected chi connectivity index (χ2v) is 15.4. The molecular formula is C27H29Cl2N2O4S2+. The molecule has 0 N–H and O–H groups in total. The maximum absolute atomic E-state index is 11.8. The van der Waals surface area contributed by atoms with E-state index in [4.69, 9.17) is 21.4 Å². The average Bonchev–Trinajstić information content (AvgIpc) is 3.10. The van der Waals surface area contributed by atoms with Gasteiger partial charge in [-0.15, -0.1) is 0 Å². The zero-order chi connectivity index (χ0) is 27.6.